The lowest BCUT2D eigenvalue weighted by molar-refractivity contribution is 0.0868. The van der Waals surface area contributed by atoms with E-state index in [1.54, 1.807) is 4.90 Å². The Morgan fingerprint density at radius 2 is 2.05 bits per heavy atom. The van der Waals surface area contributed by atoms with Crippen molar-refractivity contribution in [2.75, 3.05) is 13.1 Å². The van der Waals surface area contributed by atoms with E-state index in [1.807, 2.05) is 36.5 Å². The van der Waals surface area contributed by atoms with Crippen LogP contribution in [0.15, 0.2) is 36.5 Å². The number of likely N-dealkylation sites (tertiary alicyclic amines) is 1. The van der Waals surface area contributed by atoms with Gasteiger partial charge in [-0.15, -0.1) is 0 Å². The number of nitrogens with zero attached hydrogens (tertiary/aromatic N) is 2. The quantitative estimate of drug-likeness (QED) is 0.787. The average molecular weight is 411 g/mol. The summed E-state index contributed by atoms with van der Waals surface area (Å²) >= 11 is 2.30. The van der Waals surface area contributed by atoms with Crippen molar-refractivity contribution >= 4 is 28.7 Å². The van der Waals surface area contributed by atoms with E-state index in [0.717, 1.165) is 31.5 Å². The number of carbonyl (C=O) groups excluding carboxylic acids is 1. The van der Waals surface area contributed by atoms with Crippen LogP contribution < -0.4 is 0 Å². The number of piperidine rings is 1. The van der Waals surface area contributed by atoms with Gasteiger partial charge in [-0.1, -0.05) is 30.3 Å². The summed E-state index contributed by atoms with van der Waals surface area (Å²) in [6, 6.07) is 9.76. The molecule has 1 saturated heterocycles. The van der Waals surface area contributed by atoms with Crippen LogP contribution in [0.1, 0.15) is 30.0 Å². The predicted octanol–water partition coefficient (Wildman–Crippen LogP) is 3.53. The third kappa shape index (κ3) is 3.60. The molecule has 1 N–H and O–H groups in total. The summed E-state index contributed by atoms with van der Waals surface area (Å²) in [6.45, 7) is 1.79. The minimum atomic E-state index is -0.221. The van der Waals surface area contributed by atoms with Crippen molar-refractivity contribution in [3.8, 4) is 0 Å². The van der Waals surface area contributed by atoms with E-state index in [0.29, 0.717) is 12.5 Å². The van der Waals surface area contributed by atoms with Gasteiger partial charge in [-0.3, -0.25) is 5.10 Å². The van der Waals surface area contributed by atoms with Gasteiger partial charge in [0.15, 0.2) is 0 Å². The lowest BCUT2D eigenvalue weighted by Crippen LogP contribution is -2.38. The minimum Gasteiger partial charge on any atom is -0.445 e. The molecule has 5 nitrogen and oxygen atoms in total. The zero-order chi connectivity index (χ0) is 15.4. The van der Waals surface area contributed by atoms with Gasteiger partial charge in [-0.2, -0.15) is 5.10 Å². The number of hydrogen-bond donors (Lipinski definition) is 1. The molecular weight excluding hydrogens is 393 g/mol. The van der Waals surface area contributed by atoms with Crippen molar-refractivity contribution in [2.24, 2.45) is 0 Å². The molecule has 1 aliphatic rings. The average Bonchev–Trinajstić information content (AvgIpc) is 3.00. The molecule has 1 aromatic heterocycles. The highest BCUT2D eigenvalue weighted by Crippen LogP contribution is 2.29. The van der Waals surface area contributed by atoms with Crippen molar-refractivity contribution in [1.82, 2.24) is 15.1 Å². The van der Waals surface area contributed by atoms with Crippen LogP contribution in [0.5, 0.6) is 0 Å². The molecule has 0 unspecified atom stereocenters. The van der Waals surface area contributed by atoms with Crippen molar-refractivity contribution in [3.63, 3.8) is 0 Å². The van der Waals surface area contributed by atoms with Crippen molar-refractivity contribution in [2.45, 2.75) is 25.4 Å². The van der Waals surface area contributed by atoms with Gasteiger partial charge in [0.2, 0.25) is 0 Å². The molecule has 0 saturated carbocycles. The van der Waals surface area contributed by atoms with Crippen LogP contribution in [0.2, 0.25) is 0 Å². The minimum absolute atomic E-state index is 0.221. The summed E-state index contributed by atoms with van der Waals surface area (Å²) in [4.78, 5) is 13.9. The van der Waals surface area contributed by atoms with Crippen LogP contribution >= 0.6 is 22.6 Å². The second-order valence-corrected chi connectivity index (χ2v) is 6.60. The normalized spacial score (nSPS) is 15.8. The number of benzene rings is 1. The molecule has 6 heteroatoms. The van der Waals surface area contributed by atoms with Crippen LogP contribution in [0.3, 0.4) is 0 Å². The Morgan fingerprint density at radius 1 is 1.32 bits per heavy atom. The van der Waals surface area contributed by atoms with Gasteiger partial charge in [0.25, 0.3) is 0 Å². The molecule has 3 rings (SSSR count). The Kier molecular flexibility index (Phi) is 4.97. The molecule has 2 heterocycles. The number of rotatable bonds is 3. The molecule has 0 bridgehead atoms. The number of amides is 1. The molecule has 1 fully saturated rings. The number of ether oxygens (including phenoxy) is 1. The molecule has 22 heavy (non-hydrogen) atoms. The molecular formula is C16H18IN3O2. The van der Waals surface area contributed by atoms with Gasteiger partial charge >= 0.3 is 6.09 Å². The van der Waals surface area contributed by atoms with Gasteiger partial charge in [0, 0.05) is 19.0 Å². The van der Waals surface area contributed by atoms with Gasteiger partial charge in [0.05, 0.1) is 15.5 Å². The fourth-order valence-corrected chi connectivity index (χ4v) is 3.43. The van der Waals surface area contributed by atoms with E-state index in [-0.39, 0.29) is 6.09 Å². The number of carbonyl (C=O) groups is 1. The first-order valence-electron chi connectivity index (χ1n) is 7.38. The maximum atomic E-state index is 12.1. The number of aromatic amines is 1. The smallest absolute Gasteiger partial charge is 0.410 e. The third-order valence-electron chi connectivity index (χ3n) is 3.99. The lowest BCUT2D eigenvalue weighted by atomic mass is 9.94. The highest BCUT2D eigenvalue weighted by atomic mass is 127. The Hall–Kier alpha value is -1.57. The third-order valence-corrected chi connectivity index (χ3v) is 4.85. The summed E-state index contributed by atoms with van der Waals surface area (Å²) in [5, 5.41) is 7.15. The van der Waals surface area contributed by atoms with Crippen LogP contribution in [0.4, 0.5) is 4.79 Å². The molecule has 2 aromatic rings. The zero-order valence-electron chi connectivity index (χ0n) is 12.2. The maximum absolute atomic E-state index is 12.1. The lowest BCUT2D eigenvalue weighted by Gasteiger charge is -2.31. The topological polar surface area (TPSA) is 58.2 Å². The first-order chi connectivity index (χ1) is 10.7. The van der Waals surface area contributed by atoms with Crippen molar-refractivity contribution in [3.05, 3.63) is 51.4 Å². The summed E-state index contributed by atoms with van der Waals surface area (Å²) in [6.07, 6.45) is 3.51. The Bertz CT molecular complexity index is 621. The second kappa shape index (κ2) is 7.13. The van der Waals surface area contributed by atoms with Crippen molar-refractivity contribution < 1.29 is 9.53 Å². The standard InChI is InChI=1S/C16H18IN3O2/c17-14-10-18-19-15(14)13-6-8-20(9-7-13)16(21)22-11-12-4-2-1-3-5-12/h1-5,10,13H,6-9,11H2,(H,18,19). The summed E-state index contributed by atoms with van der Waals surface area (Å²) in [5.74, 6) is 0.451. The molecule has 1 aliphatic heterocycles. The number of H-pyrrole nitrogens is 1. The number of halogens is 1. The SMILES string of the molecule is O=C(OCc1ccccc1)N1CCC(c2[nH]ncc2I)CC1. The molecule has 1 aromatic carbocycles. The van der Waals surface area contributed by atoms with Crippen LogP contribution in [-0.2, 0) is 11.3 Å². The summed E-state index contributed by atoms with van der Waals surface area (Å²) in [7, 11) is 0. The van der Waals surface area contributed by atoms with E-state index in [9.17, 15) is 4.79 Å². The Labute approximate surface area is 143 Å². The Balaban J connectivity index is 1.49. The van der Waals surface area contributed by atoms with Crippen LogP contribution in [0.25, 0.3) is 0 Å². The van der Waals surface area contributed by atoms with E-state index in [1.165, 1.54) is 9.26 Å². The molecule has 1 amide bonds. The predicted molar refractivity (Wildman–Crippen MR) is 91.5 cm³/mol. The van der Waals surface area contributed by atoms with E-state index in [2.05, 4.69) is 32.8 Å². The van der Waals surface area contributed by atoms with Gasteiger partial charge < -0.3 is 9.64 Å². The monoisotopic (exact) mass is 411 g/mol. The largest absolute Gasteiger partial charge is 0.445 e. The van der Waals surface area contributed by atoms with Crippen LogP contribution in [0, 0.1) is 3.57 Å². The van der Waals surface area contributed by atoms with Crippen molar-refractivity contribution in [1.29, 1.82) is 0 Å². The van der Waals surface area contributed by atoms with Crippen LogP contribution in [-0.4, -0.2) is 34.3 Å². The first kappa shape index (κ1) is 15.3. The fraction of sp³-hybridized carbons (Fsp3) is 0.375. The fourth-order valence-electron chi connectivity index (χ4n) is 2.73. The number of aromatic nitrogens is 2. The van der Waals surface area contributed by atoms with E-state index >= 15 is 0 Å². The summed E-state index contributed by atoms with van der Waals surface area (Å²) in [5.41, 5.74) is 2.20. The molecule has 0 atom stereocenters. The Morgan fingerprint density at radius 3 is 2.68 bits per heavy atom. The number of nitrogens with one attached hydrogen (secondary N) is 1. The maximum Gasteiger partial charge on any atom is 0.410 e. The van der Waals surface area contributed by atoms with Gasteiger partial charge in [-0.05, 0) is 41.0 Å². The molecule has 0 spiro atoms. The van der Waals surface area contributed by atoms with Gasteiger partial charge in [0.1, 0.15) is 6.61 Å². The second-order valence-electron chi connectivity index (χ2n) is 5.43. The molecule has 116 valence electrons. The highest BCUT2D eigenvalue weighted by molar-refractivity contribution is 14.1. The van der Waals surface area contributed by atoms with E-state index in [4.69, 9.17) is 4.74 Å². The van der Waals surface area contributed by atoms with Gasteiger partial charge in [-0.25, -0.2) is 4.79 Å². The highest BCUT2D eigenvalue weighted by Gasteiger charge is 2.26. The first-order valence-corrected chi connectivity index (χ1v) is 8.46. The van der Waals surface area contributed by atoms with E-state index < -0.39 is 0 Å². The molecule has 0 aliphatic carbocycles. The molecule has 0 radical (unpaired) electrons. The summed E-state index contributed by atoms with van der Waals surface area (Å²) < 4.78 is 6.55. The number of hydrogen-bond acceptors (Lipinski definition) is 3. The zero-order valence-corrected chi connectivity index (χ0v) is 14.3.